The molecule has 0 bridgehead atoms. The lowest BCUT2D eigenvalue weighted by Crippen LogP contribution is -2.00. The fourth-order valence-electron chi connectivity index (χ4n) is 1.41. The van der Waals surface area contributed by atoms with Crippen molar-refractivity contribution in [2.24, 2.45) is 0 Å². The van der Waals surface area contributed by atoms with Crippen LogP contribution in [0, 0.1) is 0 Å². The quantitative estimate of drug-likeness (QED) is 0.843. The van der Waals surface area contributed by atoms with Gasteiger partial charge in [-0.05, 0) is 12.1 Å². The Morgan fingerprint density at radius 1 is 1.13 bits per heavy atom. The molecule has 0 amide bonds. The molecule has 0 aliphatic carbocycles. The number of pyridine rings is 1. The Balaban J connectivity index is 2.37. The average Bonchev–Trinajstić information content (AvgIpc) is 2.30. The van der Waals surface area contributed by atoms with Crippen LogP contribution < -0.4 is 0 Å². The van der Waals surface area contributed by atoms with Crippen molar-refractivity contribution in [3.63, 3.8) is 0 Å². The molecule has 1 heterocycles. The van der Waals surface area contributed by atoms with Crippen LogP contribution >= 0.6 is 11.6 Å². The van der Waals surface area contributed by atoms with Gasteiger partial charge in [-0.3, -0.25) is 4.98 Å². The first-order valence-corrected chi connectivity index (χ1v) is 4.99. The van der Waals surface area contributed by atoms with Gasteiger partial charge in [0.2, 0.25) is 0 Å². The zero-order valence-corrected chi connectivity index (χ0v) is 8.72. The van der Waals surface area contributed by atoms with E-state index in [0.717, 1.165) is 5.56 Å². The predicted octanol–water partition coefficient (Wildman–Crippen LogP) is 2.82. The molecule has 0 saturated carbocycles. The van der Waals surface area contributed by atoms with Crippen LogP contribution in [-0.4, -0.2) is 10.1 Å². The van der Waals surface area contributed by atoms with Crippen molar-refractivity contribution in [1.29, 1.82) is 0 Å². The van der Waals surface area contributed by atoms with Crippen LogP contribution in [0.2, 0.25) is 5.02 Å². The third kappa shape index (κ3) is 2.17. The number of hydrogen-bond acceptors (Lipinski definition) is 2. The monoisotopic (exact) mass is 219 g/mol. The summed E-state index contributed by atoms with van der Waals surface area (Å²) in [4.78, 5) is 3.96. The molecule has 0 saturated heterocycles. The second-order valence-corrected chi connectivity index (χ2v) is 3.62. The molecule has 0 radical (unpaired) electrons. The molecular weight excluding hydrogens is 210 g/mol. The van der Waals surface area contributed by atoms with E-state index in [9.17, 15) is 5.11 Å². The van der Waals surface area contributed by atoms with E-state index in [-0.39, 0.29) is 0 Å². The molecule has 0 spiro atoms. The molecule has 1 atom stereocenters. The molecule has 15 heavy (non-hydrogen) atoms. The van der Waals surface area contributed by atoms with Gasteiger partial charge in [0.05, 0.1) is 0 Å². The lowest BCUT2D eigenvalue weighted by molar-refractivity contribution is 0.220. The number of aliphatic hydroxyl groups is 1. The second-order valence-electron chi connectivity index (χ2n) is 3.21. The summed E-state index contributed by atoms with van der Waals surface area (Å²) in [6.07, 6.45) is 2.59. The molecule has 76 valence electrons. The van der Waals surface area contributed by atoms with Gasteiger partial charge in [-0.25, -0.2) is 0 Å². The number of rotatable bonds is 2. The first kappa shape index (κ1) is 10.1. The van der Waals surface area contributed by atoms with Gasteiger partial charge in [-0.2, -0.15) is 0 Å². The highest BCUT2D eigenvalue weighted by Gasteiger charge is 2.12. The number of benzene rings is 1. The molecule has 3 heteroatoms. The highest BCUT2D eigenvalue weighted by Crippen LogP contribution is 2.27. The summed E-state index contributed by atoms with van der Waals surface area (Å²) in [5.74, 6) is 0. The second kappa shape index (κ2) is 4.43. The molecule has 1 aromatic carbocycles. The van der Waals surface area contributed by atoms with E-state index in [1.807, 2.05) is 18.2 Å². The van der Waals surface area contributed by atoms with Crippen molar-refractivity contribution in [2.75, 3.05) is 0 Å². The Kier molecular flexibility index (Phi) is 2.99. The fraction of sp³-hybridized carbons (Fsp3) is 0.0833. The molecule has 0 aliphatic heterocycles. The van der Waals surface area contributed by atoms with Crippen LogP contribution in [0.25, 0.3) is 0 Å². The van der Waals surface area contributed by atoms with Crippen LogP contribution in [0.3, 0.4) is 0 Å². The van der Waals surface area contributed by atoms with E-state index < -0.39 is 6.10 Å². The minimum atomic E-state index is -0.715. The highest BCUT2D eigenvalue weighted by atomic mass is 35.5. The first-order valence-electron chi connectivity index (χ1n) is 4.61. The summed E-state index contributed by atoms with van der Waals surface area (Å²) in [5.41, 5.74) is 1.44. The lowest BCUT2D eigenvalue weighted by Gasteiger charge is -2.12. The summed E-state index contributed by atoms with van der Waals surface area (Å²) in [6, 6.07) is 10.9. The van der Waals surface area contributed by atoms with Crippen LogP contribution in [-0.2, 0) is 0 Å². The van der Waals surface area contributed by atoms with E-state index in [1.54, 1.807) is 30.6 Å². The molecule has 0 unspecified atom stereocenters. The lowest BCUT2D eigenvalue weighted by atomic mass is 10.0. The van der Waals surface area contributed by atoms with Gasteiger partial charge in [-0.1, -0.05) is 35.9 Å². The standard InChI is InChI=1S/C12H10ClNO/c13-11-6-2-1-5-10(11)12(15)9-4-3-7-14-8-9/h1-8,12,15H/t12-/m0/s1. The fourth-order valence-corrected chi connectivity index (χ4v) is 1.65. The third-order valence-electron chi connectivity index (χ3n) is 2.20. The summed E-state index contributed by atoms with van der Waals surface area (Å²) in [5, 5.41) is 10.6. The SMILES string of the molecule is O[C@@H](c1cccnc1)c1ccccc1Cl. The maximum Gasteiger partial charge on any atom is 0.107 e. The van der Waals surface area contributed by atoms with Gasteiger partial charge in [-0.15, -0.1) is 0 Å². The average molecular weight is 220 g/mol. The maximum atomic E-state index is 10.0. The van der Waals surface area contributed by atoms with Crippen LogP contribution in [0.15, 0.2) is 48.8 Å². The van der Waals surface area contributed by atoms with Crippen molar-refractivity contribution >= 4 is 11.6 Å². The van der Waals surface area contributed by atoms with Crippen LogP contribution in [0.4, 0.5) is 0 Å². The molecule has 1 aromatic heterocycles. The minimum absolute atomic E-state index is 0.564. The van der Waals surface area contributed by atoms with Crippen molar-refractivity contribution < 1.29 is 5.11 Å². The Labute approximate surface area is 93.2 Å². The third-order valence-corrected chi connectivity index (χ3v) is 2.54. The van der Waals surface area contributed by atoms with Crippen LogP contribution in [0.5, 0.6) is 0 Å². The van der Waals surface area contributed by atoms with E-state index >= 15 is 0 Å². The van der Waals surface area contributed by atoms with Crippen molar-refractivity contribution in [2.45, 2.75) is 6.10 Å². The van der Waals surface area contributed by atoms with E-state index in [2.05, 4.69) is 4.98 Å². The largest absolute Gasteiger partial charge is 0.384 e. The molecule has 0 aliphatic rings. The molecule has 2 rings (SSSR count). The van der Waals surface area contributed by atoms with Crippen molar-refractivity contribution in [3.8, 4) is 0 Å². The summed E-state index contributed by atoms with van der Waals surface area (Å²) < 4.78 is 0. The summed E-state index contributed by atoms with van der Waals surface area (Å²) in [6.45, 7) is 0. The minimum Gasteiger partial charge on any atom is -0.384 e. The van der Waals surface area contributed by atoms with Gasteiger partial charge in [0.15, 0.2) is 0 Å². The smallest absolute Gasteiger partial charge is 0.107 e. The normalized spacial score (nSPS) is 12.4. The van der Waals surface area contributed by atoms with Gasteiger partial charge >= 0.3 is 0 Å². The van der Waals surface area contributed by atoms with Gasteiger partial charge in [0.25, 0.3) is 0 Å². The van der Waals surface area contributed by atoms with Crippen molar-refractivity contribution in [3.05, 3.63) is 64.9 Å². The molecular formula is C12H10ClNO. The van der Waals surface area contributed by atoms with Crippen LogP contribution in [0.1, 0.15) is 17.2 Å². The Bertz CT molecular complexity index is 444. The summed E-state index contributed by atoms with van der Waals surface area (Å²) >= 11 is 5.99. The molecule has 2 aromatic rings. The zero-order valence-electron chi connectivity index (χ0n) is 7.97. The molecule has 2 nitrogen and oxygen atoms in total. The Morgan fingerprint density at radius 2 is 1.93 bits per heavy atom. The molecule has 1 N–H and O–H groups in total. The zero-order chi connectivity index (χ0) is 10.7. The van der Waals surface area contributed by atoms with Gasteiger partial charge in [0, 0.05) is 28.5 Å². The number of nitrogens with zero attached hydrogens (tertiary/aromatic N) is 1. The van der Waals surface area contributed by atoms with E-state index in [1.165, 1.54) is 0 Å². The number of aromatic nitrogens is 1. The maximum absolute atomic E-state index is 10.0. The number of aliphatic hydroxyl groups excluding tert-OH is 1. The first-order chi connectivity index (χ1) is 7.29. The molecule has 0 fully saturated rings. The predicted molar refractivity (Wildman–Crippen MR) is 59.8 cm³/mol. The van der Waals surface area contributed by atoms with Gasteiger partial charge in [0.1, 0.15) is 6.10 Å². The van der Waals surface area contributed by atoms with E-state index in [0.29, 0.717) is 10.6 Å². The Hall–Kier alpha value is -1.38. The summed E-state index contributed by atoms with van der Waals surface area (Å²) in [7, 11) is 0. The van der Waals surface area contributed by atoms with Crippen molar-refractivity contribution in [1.82, 2.24) is 4.98 Å². The highest BCUT2D eigenvalue weighted by molar-refractivity contribution is 6.31. The topological polar surface area (TPSA) is 33.1 Å². The number of hydrogen-bond donors (Lipinski definition) is 1. The number of halogens is 1. The van der Waals surface area contributed by atoms with Gasteiger partial charge < -0.3 is 5.11 Å². The van der Waals surface area contributed by atoms with E-state index in [4.69, 9.17) is 11.6 Å². The Morgan fingerprint density at radius 3 is 2.60 bits per heavy atom.